The zero-order valence-electron chi connectivity index (χ0n) is 13.7. The Balaban J connectivity index is 2.00. The average Bonchev–Trinajstić information content (AvgIpc) is 2.60. The fourth-order valence-corrected chi connectivity index (χ4v) is 2.36. The van der Waals surface area contributed by atoms with Gasteiger partial charge in [-0.25, -0.2) is 0 Å². The Morgan fingerprint density at radius 3 is 2.52 bits per heavy atom. The SMILES string of the molecule is COc1cccc(C(O)CNC(=O)C(C)(C)c2ccccc2)c1. The molecule has 0 radical (unpaired) electrons. The van der Waals surface area contributed by atoms with Crippen LogP contribution in [-0.2, 0) is 10.2 Å². The van der Waals surface area contributed by atoms with Crippen LogP contribution in [-0.4, -0.2) is 24.7 Å². The van der Waals surface area contributed by atoms with Gasteiger partial charge in [-0.3, -0.25) is 4.79 Å². The molecule has 2 rings (SSSR count). The predicted octanol–water partition coefficient (Wildman–Crippen LogP) is 2.82. The Morgan fingerprint density at radius 1 is 1.17 bits per heavy atom. The van der Waals surface area contributed by atoms with Crippen molar-refractivity contribution in [2.45, 2.75) is 25.4 Å². The summed E-state index contributed by atoms with van der Waals surface area (Å²) in [6.07, 6.45) is -0.777. The quantitative estimate of drug-likeness (QED) is 0.862. The number of carbonyl (C=O) groups is 1. The van der Waals surface area contributed by atoms with Crippen LogP contribution in [0.2, 0.25) is 0 Å². The minimum atomic E-state index is -0.777. The Bertz CT molecular complexity index is 653. The minimum absolute atomic E-state index is 0.120. The van der Waals surface area contributed by atoms with Gasteiger partial charge in [0.1, 0.15) is 5.75 Å². The molecule has 2 aromatic carbocycles. The van der Waals surface area contributed by atoms with Crippen LogP contribution in [0.15, 0.2) is 54.6 Å². The maximum Gasteiger partial charge on any atom is 0.230 e. The second kappa shape index (κ2) is 7.29. The van der Waals surface area contributed by atoms with Crippen LogP contribution in [0, 0.1) is 0 Å². The molecule has 0 fully saturated rings. The van der Waals surface area contributed by atoms with E-state index in [1.165, 1.54) is 0 Å². The van der Waals surface area contributed by atoms with Gasteiger partial charge in [0.25, 0.3) is 0 Å². The molecule has 4 nitrogen and oxygen atoms in total. The van der Waals surface area contributed by atoms with Gasteiger partial charge >= 0.3 is 0 Å². The smallest absolute Gasteiger partial charge is 0.230 e. The summed E-state index contributed by atoms with van der Waals surface area (Å²) in [4.78, 5) is 12.5. The number of aliphatic hydroxyl groups is 1. The monoisotopic (exact) mass is 313 g/mol. The van der Waals surface area contributed by atoms with Crippen molar-refractivity contribution in [1.82, 2.24) is 5.32 Å². The normalized spacial score (nSPS) is 12.5. The first-order chi connectivity index (χ1) is 10.9. The Kier molecular flexibility index (Phi) is 5.40. The highest BCUT2D eigenvalue weighted by atomic mass is 16.5. The molecule has 0 aliphatic rings. The standard InChI is InChI=1S/C19H23NO3/c1-19(2,15-9-5-4-6-10-15)18(22)20-13-17(21)14-8-7-11-16(12-14)23-3/h4-12,17,21H,13H2,1-3H3,(H,20,22). The number of methoxy groups -OCH3 is 1. The molecule has 1 unspecified atom stereocenters. The average molecular weight is 313 g/mol. The summed E-state index contributed by atoms with van der Waals surface area (Å²) in [5.41, 5.74) is 0.991. The van der Waals surface area contributed by atoms with Crippen LogP contribution in [0.25, 0.3) is 0 Å². The van der Waals surface area contributed by atoms with Crippen molar-refractivity contribution in [3.8, 4) is 5.75 Å². The molecular weight excluding hydrogens is 290 g/mol. The van der Waals surface area contributed by atoms with E-state index in [0.717, 1.165) is 5.56 Å². The van der Waals surface area contributed by atoms with E-state index in [0.29, 0.717) is 11.3 Å². The minimum Gasteiger partial charge on any atom is -0.497 e. The molecular formula is C19H23NO3. The molecule has 0 heterocycles. The van der Waals surface area contributed by atoms with E-state index >= 15 is 0 Å². The van der Waals surface area contributed by atoms with Gasteiger partial charge in [-0.15, -0.1) is 0 Å². The van der Waals surface area contributed by atoms with Gasteiger partial charge in [0.05, 0.1) is 18.6 Å². The Labute approximate surface area is 137 Å². The van der Waals surface area contributed by atoms with Gasteiger partial charge in [0.2, 0.25) is 5.91 Å². The summed E-state index contributed by atoms with van der Waals surface area (Å²) in [6, 6.07) is 16.8. The molecule has 0 bridgehead atoms. The number of ether oxygens (including phenoxy) is 1. The fraction of sp³-hybridized carbons (Fsp3) is 0.316. The van der Waals surface area contributed by atoms with Gasteiger partial charge in [-0.1, -0.05) is 42.5 Å². The molecule has 2 N–H and O–H groups in total. The molecule has 1 atom stereocenters. The summed E-state index contributed by atoms with van der Waals surface area (Å²) >= 11 is 0. The van der Waals surface area contributed by atoms with Gasteiger partial charge in [-0.2, -0.15) is 0 Å². The topological polar surface area (TPSA) is 58.6 Å². The number of aliphatic hydroxyl groups excluding tert-OH is 1. The van der Waals surface area contributed by atoms with E-state index in [9.17, 15) is 9.90 Å². The van der Waals surface area contributed by atoms with E-state index in [1.807, 2.05) is 62.4 Å². The first kappa shape index (κ1) is 17.0. The number of rotatable bonds is 6. The molecule has 0 saturated heterocycles. The molecule has 0 aromatic heterocycles. The van der Waals surface area contributed by atoms with Gasteiger partial charge in [-0.05, 0) is 37.1 Å². The number of hydrogen-bond donors (Lipinski definition) is 2. The van der Waals surface area contributed by atoms with Gasteiger partial charge < -0.3 is 15.2 Å². The lowest BCUT2D eigenvalue weighted by Crippen LogP contribution is -2.41. The molecule has 122 valence electrons. The molecule has 2 aromatic rings. The lowest BCUT2D eigenvalue weighted by atomic mass is 9.83. The summed E-state index contributed by atoms with van der Waals surface area (Å²) < 4.78 is 5.14. The van der Waals surface area contributed by atoms with Crippen LogP contribution in [0.4, 0.5) is 0 Å². The van der Waals surface area contributed by atoms with Gasteiger partial charge in [0, 0.05) is 6.54 Å². The third-order valence-electron chi connectivity index (χ3n) is 4.00. The summed E-state index contributed by atoms with van der Waals surface area (Å²) in [6.45, 7) is 3.90. The van der Waals surface area contributed by atoms with Crippen molar-refractivity contribution in [1.29, 1.82) is 0 Å². The molecule has 0 aliphatic carbocycles. The lowest BCUT2D eigenvalue weighted by Gasteiger charge is -2.25. The Morgan fingerprint density at radius 2 is 1.87 bits per heavy atom. The van der Waals surface area contributed by atoms with E-state index in [4.69, 9.17) is 4.74 Å². The summed E-state index contributed by atoms with van der Waals surface area (Å²) in [7, 11) is 1.58. The first-order valence-corrected chi connectivity index (χ1v) is 7.61. The predicted molar refractivity (Wildman–Crippen MR) is 90.4 cm³/mol. The molecule has 0 aliphatic heterocycles. The number of amides is 1. The van der Waals surface area contributed by atoms with Crippen molar-refractivity contribution in [2.24, 2.45) is 0 Å². The number of benzene rings is 2. The second-order valence-electron chi connectivity index (χ2n) is 5.99. The highest BCUT2D eigenvalue weighted by Gasteiger charge is 2.29. The van der Waals surface area contributed by atoms with Crippen molar-refractivity contribution < 1.29 is 14.6 Å². The van der Waals surface area contributed by atoms with Crippen molar-refractivity contribution >= 4 is 5.91 Å². The third kappa shape index (κ3) is 4.11. The number of hydrogen-bond acceptors (Lipinski definition) is 3. The zero-order chi connectivity index (χ0) is 16.9. The highest BCUT2D eigenvalue weighted by Crippen LogP contribution is 2.23. The highest BCUT2D eigenvalue weighted by molar-refractivity contribution is 5.87. The lowest BCUT2D eigenvalue weighted by molar-refractivity contribution is -0.126. The van der Waals surface area contributed by atoms with Crippen molar-refractivity contribution in [3.63, 3.8) is 0 Å². The fourth-order valence-electron chi connectivity index (χ4n) is 2.36. The molecule has 0 saturated carbocycles. The number of nitrogens with one attached hydrogen (secondary N) is 1. The van der Waals surface area contributed by atoms with Gasteiger partial charge in [0.15, 0.2) is 0 Å². The van der Waals surface area contributed by atoms with E-state index in [1.54, 1.807) is 13.2 Å². The van der Waals surface area contributed by atoms with Crippen molar-refractivity contribution in [3.05, 3.63) is 65.7 Å². The van der Waals surface area contributed by atoms with E-state index < -0.39 is 11.5 Å². The maximum atomic E-state index is 12.5. The Hall–Kier alpha value is -2.33. The van der Waals surface area contributed by atoms with E-state index in [-0.39, 0.29) is 12.5 Å². The van der Waals surface area contributed by atoms with Crippen LogP contribution in [0.3, 0.4) is 0 Å². The molecule has 0 spiro atoms. The largest absolute Gasteiger partial charge is 0.497 e. The zero-order valence-corrected chi connectivity index (χ0v) is 13.7. The molecule has 4 heteroatoms. The van der Waals surface area contributed by atoms with Crippen molar-refractivity contribution in [2.75, 3.05) is 13.7 Å². The molecule has 23 heavy (non-hydrogen) atoms. The van der Waals surface area contributed by atoms with Crippen LogP contribution < -0.4 is 10.1 Å². The summed E-state index contributed by atoms with van der Waals surface area (Å²) in [5, 5.41) is 13.1. The first-order valence-electron chi connectivity index (χ1n) is 7.61. The second-order valence-corrected chi connectivity index (χ2v) is 5.99. The van der Waals surface area contributed by atoms with Crippen LogP contribution in [0.5, 0.6) is 5.75 Å². The summed E-state index contributed by atoms with van der Waals surface area (Å²) in [5.74, 6) is 0.558. The third-order valence-corrected chi connectivity index (χ3v) is 4.00. The molecule has 1 amide bonds. The number of carbonyl (C=O) groups excluding carboxylic acids is 1. The van der Waals surface area contributed by atoms with Crippen LogP contribution >= 0.6 is 0 Å². The van der Waals surface area contributed by atoms with Crippen LogP contribution in [0.1, 0.15) is 31.1 Å². The van der Waals surface area contributed by atoms with E-state index in [2.05, 4.69) is 5.32 Å². The maximum absolute atomic E-state index is 12.5.